The summed E-state index contributed by atoms with van der Waals surface area (Å²) in [6, 6.07) is 3.92. The Kier molecular flexibility index (Phi) is 3.25. The molecule has 1 aliphatic carbocycles. The average molecular weight is 222 g/mol. The first-order valence-corrected chi connectivity index (χ1v) is 6.62. The largest absolute Gasteiger partial charge is 0.293 e. The Morgan fingerprint density at radius 2 is 1.93 bits per heavy atom. The number of hydrogen-bond donors (Lipinski definition) is 0. The van der Waals surface area contributed by atoms with Crippen LogP contribution in [0.25, 0.3) is 0 Å². The van der Waals surface area contributed by atoms with E-state index < -0.39 is 0 Å². The van der Waals surface area contributed by atoms with E-state index in [1.54, 1.807) is 11.3 Å². The molecule has 1 aromatic rings. The highest BCUT2D eigenvalue weighted by molar-refractivity contribution is 7.12. The monoisotopic (exact) mass is 222 g/mol. The molecule has 0 N–H and O–H groups in total. The molecule has 0 aromatic carbocycles. The van der Waals surface area contributed by atoms with Crippen molar-refractivity contribution in [3.05, 3.63) is 22.4 Å². The van der Waals surface area contributed by atoms with E-state index in [0.29, 0.717) is 17.6 Å². The Morgan fingerprint density at radius 1 is 1.27 bits per heavy atom. The Morgan fingerprint density at radius 3 is 2.47 bits per heavy atom. The fraction of sp³-hybridized carbons (Fsp3) is 0.615. The molecule has 2 unspecified atom stereocenters. The van der Waals surface area contributed by atoms with Gasteiger partial charge in [-0.2, -0.15) is 0 Å². The summed E-state index contributed by atoms with van der Waals surface area (Å²) < 4.78 is 0. The van der Waals surface area contributed by atoms with Gasteiger partial charge in [-0.3, -0.25) is 4.79 Å². The summed E-state index contributed by atoms with van der Waals surface area (Å²) in [6.45, 7) is 4.54. The molecule has 15 heavy (non-hydrogen) atoms. The predicted octanol–water partition coefficient (Wildman–Crippen LogP) is 4.00. The van der Waals surface area contributed by atoms with E-state index in [2.05, 4.69) is 13.8 Å². The highest BCUT2D eigenvalue weighted by Crippen LogP contribution is 2.35. The molecular weight excluding hydrogens is 204 g/mol. The zero-order valence-electron chi connectivity index (χ0n) is 9.40. The minimum absolute atomic E-state index is 0.280. The summed E-state index contributed by atoms with van der Waals surface area (Å²) in [5.41, 5.74) is 0. The van der Waals surface area contributed by atoms with Crippen LogP contribution in [0.3, 0.4) is 0 Å². The third-order valence-corrected chi connectivity index (χ3v) is 4.20. The second kappa shape index (κ2) is 4.48. The highest BCUT2D eigenvalue weighted by atomic mass is 32.1. The number of carbonyl (C=O) groups excluding carboxylic acids is 1. The number of rotatable bonds is 2. The van der Waals surface area contributed by atoms with Gasteiger partial charge in [-0.25, -0.2) is 0 Å². The van der Waals surface area contributed by atoms with Crippen LogP contribution in [0.2, 0.25) is 0 Å². The number of hydrogen-bond acceptors (Lipinski definition) is 2. The Labute approximate surface area is 95.5 Å². The van der Waals surface area contributed by atoms with Crippen LogP contribution >= 0.6 is 11.3 Å². The lowest BCUT2D eigenvalue weighted by Crippen LogP contribution is -2.25. The quantitative estimate of drug-likeness (QED) is 0.691. The Balaban J connectivity index is 2.07. The first-order valence-electron chi connectivity index (χ1n) is 5.74. The van der Waals surface area contributed by atoms with E-state index in [4.69, 9.17) is 0 Å². The fourth-order valence-corrected chi connectivity index (χ4v) is 3.52. The molecule has 2 heteroatoms. The van der Waals surface area contributed by atoms with Crippen LogP contribution < -0.4 is 0 Å². The summed E-state index contributed by atoms with van der Waals surface area (Å²) in [4.78, 5) is 13.1. The first kappa shape index (κ1) is 10.9. The van der Waals surface area contributed by atoms with E-state index >= 15 is 0 Å². The lowest BCUT2D eigenvalue weighted by molar-refractivity contribution is 0.0840. The van der Waals surface area contributed by atoms with E-state index in [-0.39, 0.29) is 5.92 Å². The van der Waals surface area contributed by atoms with Crippen LogP contribution in [0.1, 0.15) is 42.8 Å². The lowest BCUT2D eigenvalue weighted by Gasteiger charge is -2.30. The van der Waals surface area contributed by atoms with Crippen molar-refractivity contribution in [1.29, 1.82) is 0 Å². The zero-order chi connectivity index (χ0) is 10.8. The van der Waals surface area contributed by atoms with Gasteiger partial charge in [-0.05, 0) is 42.5 Å². The summed E-state index contributed by atoms with van der Waals surface area (Å²) in [5, 5.41) is 1.99. The van der Waals surface area contributed by atoms with Crippen molar-refractivity contribution >= 4 is 17.1 Å². The maximum absolute atomic E-state index is 12.2. The van der Waals surface area contributed by atoms with Crippen LogP contribution in [0.4, 0.5) is 0 Å². The van der Waals surface area contributed by atoms with Gasteiger partial charge >= 0.3 is 0 Å². The molecule has 1 fully saturated rings. The van der Waals surface area contributed by atoms with Gasteiger partial charge in [0.05, 0.1) is 4.88 Å². The molecule has 0 amide bonds. The Hall–Kier alpha value is -0.630. The van der Waals surface area contributed by atoms with E-state index in [9.17, 15) is 4.79 Å². The van der Waals surface area contributed by atoms with Gasteiger partial charge in [0.2, 0.25) is 0 Å². The van der Waals surface area contributed by atoms with E-state index in [1.165, 1.54) is 6.42 Å². The molecule has 2 rings (SSSR count). The highest BCUT2D eigenvalue weighted by Gasteiger charge is 2.29. The second-order valence-corrected chi connectivity index (χ2v) is 5.90. The molecule has 0 saturated heterocycles. The second-order valence-electron chi connectivity index (χ2n) is 4.96. The molecule has 2 atom stereocenters. The standard InChI is InChI=1S/C13H18OS/c1-9-6-10(2)8-11(7-9)13(14)12-4-3-5-15-12/h3-5,9-11H,6-8H2,1-2H3. The summed E-state index contributed by atoms with van der Waals surface area (Å²) >= 11 is 1.58. The molecule has 0 radical (unpaired) electrons. The molecule has 0 bridgehead atoms. The predicted molar refractivity (Wildman–Crippen MR) is 64.3 cm³/mol. The maximum atomic E-state index is 12.2. The summed E-state index contributed by atoms with van der Waals surface area (Å²) in [6.07, 6.45) is 3.45. The molecule has 1 heterocycles. The molecule has 82 valence electrons. The maximum Gasteiger partial charge on any atom is 0.175 e. The molecule has 1 aliphatic rings. The van der Waals surface area contributed by atoms with Gasteiger partial charge in [-0.15, -0.1) is 11.3 Å². The van der Waals surface area contributed by atoms with Crippen molar-refractivity contribution in [3.63, 3.8) is 0 Å². The van der Waals surface area contributed by atoms with Crippen molar-refractivity contribution in [2.24, 2.45) is 17.8 Å². The SMILES string of the molecule is CC1CC(C)CC(C(=O)c2cccs2)C1. The van der Waals surface area contributed by atoms with Gasteiger partial charge in [0, 0.05) is 5.92 Å². The number of carbonyl (C=O) groups is 1. The van der Waals surface area contributed by atoms with E-state index in [0.717, 1.165) is 17.7 Å². The number of Topliss-reactive ketones (excluding diaryl/α,β-unsaturated/α-hetero) is 1. The van der Waals surface area contributed by atoms with Crippen molar-refractivity contribution in [2.45, 2.75) is 33.1 Å². The molecule has 0 spiro atoms. The van der Waals surface area contributed by atoms with Crippen molar-refractivity contribution in [3.8, 4) is 0 Å². The lowest BCUT2D eigenvalue weighted by atomic mass is 9.75. The fourth-order valence-electron chi connectivity index (χ4n) is 2.78. The third kappa shape index (κ3) is 2.49. The smallest absolute Gasteiger partial charge is 0.175 e. The Bertz CT molecular complexity index is 318. The van der Waals surface area contributed by atoms with Crippen LogP contribution in [0, 0.1) is 17.8 Å². The number of thiophene rings is 1. The van der Waals surface area contributed by atoms with Gasteiger partial charge in [0.25, 0.3) is 0 Å². The van der Waals surface area contributed by atoms with Crippen molar-refractivity contribution in [1.82, 2.24) is 0 Å². The minimum Gasteiger partial charge on any atom is -0.293 e. The summed E-state index contributed by atoms with van der Waals surface area (Å²) in [7, 11) is 0. The van der Waals surface area contributed by atoms with Crippen LogP contribution in [-0.2, 0) is 0 Å². The van der Waals surface area contributed by atoms with Crippen LogP contribution in [-0.4, -0.2) is 5.78 Å². The number of ketones is 1. The molecule has 1 saturated carbocycles. The first-order chi connectivity index (χ1) is 7.16. The van der Waals surface area contributed by atoms with E-state index in [1.807, 2.05) is 17.5 Å². The summed E-state index contributed by atoms with van der Waals surface area (Å²) in [5.74, 6) is 2.08. The van der Waals surface area contributed by atoms with Gasteiger partial charge in [-0.1, -0.05) is 19.9 Å². The zero-order valence-corrected chi connectivity index (χ0v) is 10.2. The van der Waals surface area contributed by atoms with Crippen molar-refractivity contribution in [2.75, 3.05) is 0 Å². The van der Waals surface area contributed by atoms with Crippen LogP contribution in [0.5, 0.6) is 0 Å². The minimum atomic E-state index is 0.280. The van der Waals surface area contributed by atoms with Gasteiger partial charge in [0.15, 0.2) is 5.78 Å². The molecule has 1 aromatic heterocycles. The van der Waals surface area contributed by atoms with Gasteiger partial charge < -0.3 is 0 Å². The topological polar surface area (TPSA) is 17.1 Å². The third-order valence-electron chi connectivity index (χ3n) is 3.31. The van der Waals surface area contributed by atoms with Crippen molar-refractivity contribution < 1.29 is 4.79 Å². The average Bonchev–Trinajstić information content (AvgIpc) is 2.67. The molecular formula is C13H18OS. The molecule has 0 aliphatic heterocycles. The normalized spacial score (nSPS) is 31.5. The molecule has 1 nitrogen and oxygen atoms in total. The van der Waals surface area contributed by atoms with Gasteiger partial charge in [0.1, 0.15) is 0 Å². The van der Waals surface area contributed by atoms with Crippen LogP contribution in [0.15, 0.2) is 17.5 Å².